The van der Waals surface area contributed by atoms with Gasteiger partial charge in [0.15, 0.2) is 0 Å². The van der Waals surface area contributed by atoms with E-state index in [1.165, 1.54) is 6.92 Å². The van der Waals surface area contributed by atoms with E-state index in [1.807, 2.05) is 12.1 Å². The van der Waals surface area contributed by atoms with Crippen LogP contribution in [0.2, 0.25) is 0 Å². The summed E-state index contributed by atoms with van der Waals surface area (Å²) in [6.45, 7) is -0.0201. The van der Waals surface area contributed by atoms with Crippen LogP contribution >= 0.6 is 0 Å². The van der Waals surface area contributed by atoms with Crippen molar-refractivity contribution >= 4 is 124 Å². The van der Waals surface area contributed by atoms with Gasteiger partial charge in [-0.05, 0) is 74.9 Å². The molecule has 10 amide bonds. The number of aromatic nitrogens is 3. The maximum absolute atomic E-state index is 14.0. The summed E-state index contributed by atoms with van der Waals surface area (Å²) in [7, 11) is 0. The van der Waals surface area contributed by atoms with Gasteiger partial charge in [0.2, 0.25) is 41.4 Å². The monoisotopic (exact) mass is 1190 g/mol. The second-order valence-electron chi connectivity index (χ2n) is 20.9. The van der Waals surface area contributed by atoms with Gasteiger partial charge in [0, 0.05) is 58.9 Å². The van der Waals surface area contributed by atoms with Crippen LogP contribution in [-0.2, 0) is 33.6 Å². The first-order valence-electron chi connectivity index (χ1n) is 28.8. The van der Waals surface area contributed by atoms with Crippen molar-refractivity contribution in [2.45, 2.75) is 63.6 Å². The number of fused-ring (bicyclic) bond motifs is 6. The average Bonchev–Trinajstić information content (AvgIpc) is 0.996. The summed E-state index contributed by atoms with van der Waals surface area (Å²) in [4.78, 5) is 148. The Morgan fingerprint density at radius 3 is 0.875 bits per heavy atom. The van der Waals surface area contributed by atoms with Crippen LogP contribution in [-0.4, -0.2) is 131 Å². The van der Waals surface area contributed by atoms with E-state index >= 15 is 0 Å². The van der Waals surface area contributed by atoms with Gasteiger partial charge >= 0.3 is 0 Å². The highest BCUT2D eigenvalue weighted by molar-refractivity contribution is 6.19. The molecule has 0 aliphatic heterocycles. The van der Waals surface area contributed by atoms with Crippen LogP contribution in [0, 0.1) is 0 Å². The molecule has 450 valence electrons. The molecule has 23 heteroatoms. The summed E-state index contributed by atoms with van der Waals surface area (Å²) in [6.07, 6.45) is 0.579. The molecule has 0 aliphatic carbocycles. The number of pyridine rings is 3. The Labute approximate surface area is 504 Å². The van der Waals surface area contributed by atoms with Gasteiger partial charge in [0.1, 0.15) is 18.1 Å². The molecule has 3 heterocycles. The zero-order chi connectivity index (χ0) is 62.1. The second kappa shape index (κ2) is 29.2. The van der Waals surface area contributed by atoms with E-state index in [2.05, 4.69) is 62.8 Å². The van der Waals surface area contributed by atoms with Crippen molar-refractivity contribution in [3.63, 3.8) is 0 Å². The number of rotatable bonds is 27. The van der Waals surface area contributed by atoms with Crippen molar-refractivity contribution in [3.05, 3.63) is 162 Å². The highest BCUT2D eigenvalue weighted by Crippen LogP contribution is 2.29. The van der Waals surface area contributed by atoms with Gasteiger partial charge in [-0.2, -0.15) is 0 Å². The van der Waals surface area contributed by atoms with Gasteiger partial charge in [-0.1, -0.05) is 109 Å². The van der Waals surface area contributed by atoms with Crippen molar-refractivity contribution in [1.82, 2.24) is 62.8 Å². The summed E-state index contributed by atoms with van der Waals surface area (Å²) in [5.74, 6) is -6.05. The van der Waals surface area contributed by atoms with Crippen molar-refractivity contribution in [2.24, 2.45) is 5.73 Å². The first-order valence-corrected chi connectivity index (χ1v) is 28.8. The molecular formula is C65H65N13O10. The lowest BCUT2D eigenvalue weighted by atomic mass is 10.0. The molecule has 3 unspecified atom stereocenters. The van der Waals surface area contributed by atoms with Crippen LogP contribution < -0.4 is 53.6 Å². The zero-order valence-electron chi connectivity index (χ0n) is 48.1. The predicted molar refractivity (Wildman–Crippen MR) is 332 cm³/mol. The SMILES string of the molecule is CC(=O)NCCCC(NC(=O)CNC(=O)c1c2ccccc2nc2ccccc12)C(=O)NCCCC(NC(=O)CNC(=O)c1c2ccccc2nc2ccccc12)C(=O)NCCCC(NC(=O)CNC(=O)c1c2ccccc2nc2ccccc12)C(N)=O. The molecule has 9 rings (SSSR count). The normalized spacial score (nSPS) is 12.1. The van der Waals surface area contributed by atoms with E-state index in [-0.39, 0.29) is 57.6 Å². The zero-order valence-corrected chi connectivity index (χ0v) is 48.1. The van der Waals surface area contributed by atoms with Crippen LogP contribution in [0.5, 0.6) is 0 Å². The molecular weight excluding hydrogens is 1120 g/mol. The Kier molecular flexibility index (Phi) is 20.4. The molecule has 88 heavy (non-hydrogen) atoms. The van der Waals surface area contributed by atoms with Crippen molar-refractivity contribution in [2.75, 3.05) is 39.3 Å². The molecule has 0 saturated heterocycles. The Balaban J connectivity index is 0.815. The van der Waals surface area contributed by atoms with Gasteiger partial charge in [-0.3, -0.25) is 47.9 Å². The molecule has 0 spiro atoms. The number of amides is 10. The number of carbonyl (C=O) groups excluding carboxylic acids is 10. The number of hydrogen-bond donors (Lipinski definition) is 10. The first kappa shape index (κ1) is 61.6. The minimum atomic E-state index is -1.22. The summed E-state index contributed by atoms with van der Waals surface area (Å²) in [5, 5.41) is 27.6. The van der Waals surface area contributed by atoms with Gasteiger partial charge in [-0.25, -0.2) is 15.0 Å². The molecule has 3 aromatic heterocycles. The number of nitrogens with zero attached hydrogens (tertiary/aromatic N) is 3. The van der Waals surface area contributed by atoms with Crippen molar-refractivity contribution in [1.29, 1.82) is 0 Å². The van der Waals surface area contributed by atoms with Crippen LogP contribution in [0.15, 0.2) is 146 Å². The molecule has 0 radical (unpaired) electrons. The maximum Gasteiger partial charge on any atom is 0.253 e. The largest absolute Gasteiger partial charge is 0.368 e. The van der Waals surface area contributed by atoms with Crippen LogP contribution in [0.25, 0.3) is 65.4 Å². The second-order valence-corrected chi connectivity index (χ2v) is 20.9. The fourth-order valence-electron chi connectivity index (χ4n) is 10.4. The molecule has 6 aromatic carbocycles. The number of carbonyl (C=O) groups is 10. The Bertz CT molecular complexity index is 4020. The standard InChI is InChI=1S/C65H65N13O10/c1-38(79)67-32-15-30-52(77-55(81)36-71-64(87)58-41-19-4-10-25-47(41)74-48-26-11-5-20-42(48)58)61(84)69-34-16-31-53(78-56(82)37-72-65(88)59-43-21-6-12-27-49(43)75-50-28-13-7-22-44(50)59)62(85)68-33-14-29-51(60(66)83)76-54(80)35-70-63(86)57-39-17-2-8-23-45(39)73-46-24-9-3-18-40(46)57/h2-13,17-28,51-53H,14-16,29-37H2,1H3,(H2,66,83)(H,67,79)(H,68,85)(H,69,84)(H,70,86)(H,71,87)(H,72,88)(H,76,80)(H,77,81)(H,78,82). The third-order valence-corrected chi connectivity index (χ3v) is 14.6. The van der Waals surface area contributed by atoms with Crippen LogP contribution in [0.1, 0.15) is 76.5 Å². The quantitative estimate of drug-likeness (QED) is 0.0257. The van der Waals surface area contributed by atoms with E-state index in [4.69, 9.17) is 5.73 Å². The predicted octanol–water partition coefficient (Wildman–Crippen LogP) is 4.03. The smallest absolute Gasteiger partial charge is 0.253 e. The average molecular weight is 1190 g/mol. The minimum Gasteiger partial charge on any atom is -0.368 e. The summed E-state index contributed by atoms with van der Waals surface area (Å²) in [5.41, 5.74) is 10.2. The number of hydrogen-bond acceptors (Lipinski definition) is 13. The number of nitrogens with two attached hydrogens (primary N) is 1. The fourth-order valence-corrected chi connectivity index (χ4v) is 10.4. The van der Waals surface area contributed by atoms with Gasteiger partial charge in [0.25, 0.3) is 17.7 Å². The Hall–Kier alpha value is -11.0. The lowest BCUT2D eigenvalue weighted by Gasteiger charge is -2.21. The Morgan fingerprint density at radius 2 is 0.602 bits per heavy atom. The molecule has 0 fully saturated rings. The van der Waals surface area contributed by atoms with Crippen molar-refractivity contribution in [3.8, 4) is 0 Å². The van der Waals surface area contributed by atoms with E-state index in [0.29, 0.717) is 88.5 Å². The molecule has 9 aromatic rings. The summed E-state index contributed by atoms with van der Waals surface area (Å²) >= 11 is 0. The van der Waals surface area contributed by atoms with E-state index in [1.54, 1.807) is 133 Å². The van der Waals surface area contributed by atoms with Crippen LogP contribution in [0.4, 0.5) is 0 Å². The fraction of sp³-hybridized carbons (Fsp3) is 0.246. The highest BCUT2D eigenvalue weighted by Gasteiger charge is 2.26. The van der Waals surface area contributed by atoms with Crippen molar-refractivity contribution < 1.29 is 47.9 Å². The van der Waals surface area contributed by atoms with Gasteiger partial charge in [-0.15, -0.1) is 0 Å². The Morgan fingerprint density at radius 1 is 0.352 bits per heavy atom. The highest BCUT2D eigenvalue weighted by atomic mass is 16.2. The number of primary amides is 1. The number of para-hydroxylation sites is 6. The summed E-state index contributed by atoms with van der Waals surface area (Å²) < 4.78 is 0. The topological polar surface area (TPSA) is 344 Å². The molecule has 0 aliphatic rings. The summed E-state index contributed by atoms with van der Waals surface area (Å²) in [6, 6.07) is 39.2. The van der Waals surface area contributed by atoms with Gasteiger partial charge in [0.05, 0.1) is 69.4 Å². The number of nitrogens with one attached hydrogen (secondary N) is 9. The number of benzene rings is 6. The lowest BCUT2D eigenvalue weighted by Crippen LogP contribution is -2.51. The van der Waals surface area contributed by atoms with E-state index in [0.717, 1.165) is 0 Å². The van der Waals surface area contributed by atoms with E-state index < -0.39 is 90.9 Å². The first-order chi connectivity index (χ1) is 42.6. The van der Waals surface area contributed by atoms with E-state index in [9.17, 15) is 47.9 Å². The maximum atomic E-state index is 14.0. The molecule has 0 bridgehead atoms. The third kappa shape index (κ3) is 15.5. The molecule has 11 N–H and O–H groups in total. The minimum absolute atomic E-state index is 0.0175. The third-order valence-electron chi connectivity index (χ3n) is 14.6. The molecule has 3 atom stereocenters. The lowest BCUT2D eigenvalue weighted by molar-refractivity contribution is -0.129. The van der Waals surface area contributed by atoms with Crippen LogP contribution in [0.3, 0.4) is 0 Å². The van der Waals surface area contributed by atoms with Gasteiger partial charge < -0.3 is 53.6 Å². The molecule has 23 nitrogen and oxygen atoms in total. The molecule has 0 saturated carbocycles.